The molecule has 2 aromatic heterocycles. The molecule has 0 saturated heterocycles. The van der Waals surface area contributed by atoms with Crippen molar-refractivity contribution in [3.05, 3.63) is 41.6 Å². The Balaban J connectivity index is 2.15. The highest BCUT2D eigenvalue weighted by Gasteiger charge is 2.14. The van der Waals surface area contributed by atoms with E-state index in [1.165, 1.54) is 10.4 Å². The summed E-state index contributed by atoms with van der Waals surface area (Å²) in [7, 11) is 0. The molecule has 6 heteroatoms. The molecule has 2 nitrogen and oxygen atoms in total. The van der Waals surface area contributed by atoms with Crippen molar-refractivity contribution in [1.29, 1.82) is 0 Å². The van der Waals surface area contributed by atoms with Crippen LogP contribution in [0.25, 0.3) is 0 Å². The van der Waals surface area contributed by atoms with Gasteiger partial charge in [0.2, 0.25) is 0 Å². The molecule has 2 rings (SSSR count). The molecule has 0 spiro atoms. The highest BCUT2D eigenvalue weighted by Crippen LogP contribution is 2.31. The number of halogens is 2. The Morgan fingerprint density at radius 3 is 2.69 bits per heavy atom. The number of hydrogen-bond acceptors (Lipinski definition) is 4. The Kier molecular flexibility index (Phi) is 4.57. The van der Waals surface area contributed by atoms with Crippen molar-refractivity contribution >= 4 is 54.5 Å². The third-order valence-electron chi connectivity index (χ3n) is 2.27. The smallest absolute Gasteiger partial charge is 0.0701 e. The zero-order chi connectivity index (χ0) is 11.5. The standard InChI is InChI=1S/C10H10Br2N2S2/c11-7-1-2-15-9(7)4-8(14-13)6-3-10(12)16-5-6/h1-3,5,8,14H,4,13H2. The maximum absolute atomic E-state index is 5.61. The molecule has 1 unspecified atom stereocenters. The largest absolute Gasteiger partial charge is 0.271 e. The molecule has 0 aromatic carbocycles. The van der Waals surface area contributed by atoms with E-state index in [4.69, 9.17) is 5.84 Å². The quantitative estimate of drug-likeness (QED) is 0.618. The van der Waals surface area contributed by atoms with Gasteiger partial charge in [-0.3, -0.25) is 11.3 Å². The van der Waals surface area contributed by atoms with E-state index in [0.29, 0.717) is 0 Å². The highest BCUT2D eigenvalue weighted by atomic mass is 79.9. The van der Waals surface area contributed by atoms with Gasteiger partial charge in [-0.2, -0.15) is 0 Å². The van der Waals surface area contributed by atoms with Crippen molar-refractivity contribution in [1.82, 2.24) is 5.43 Å². The normalized spacial score (nSPS) is 12.9. The van der Waals surface area contributed by atoms with Crippen LogP contribution in [0.5, 0.6) is 0 Å². The van der Waals surface area contributed by atoms with Crippen LogP contribution in [0.15, 0.2) is 31.2 Å². The van der Waals surface area contributed by atoms with Crippen LogP contribution in [-0.4, -0.2) is 0 Å². The van der Waals surface area contributed by atoms with E-state index in [1.54, 1.807) is 22.7 Å². The van der Waals surface area contributed by atoms with E-state index in [0.717, 1.165) is 14.7 Å². The minimum atomic E-state index is 0.164. The zero-order valence-corrected chi connectivity index (χ0v) is 13.0. The molecule has 16 heavy (non-hydrogen) atoms. The fourth-order valence-electron chi connectivity index (χ4n) is 1.44. The summed E-state index contributed by atoms with van der Waals surface area (Å²) >= 11 is 10.4. The molecule has 3 N–H and O–H groups in total. The molecule has 0 bridgehead atoms. The molecule has 0 aliphatic rings. The van der Waals surface area contributed by atoms with Gasteiger partial charge < -0.3 is 0 Å². The minimum absolute atomic E-state index is 0.164. The summed E-state index contributed by atoms with van der Waals surface area (Å²) in [6.45, 7) is 0. The van der Waals surface area contributed by atoms with Gasteiger partial charge in [-0.05, 0) is 60.3 Å². The third-order valence-corrected chi connectivity index (χ3v) is 5.74. The van der Waals surface area contributed by atoms with E-state index in [1.807, 2.05) is 0 Å². The molecule has 2 aromatic rings. The second-order valence-electron chi connectivity index (χ2n) is 3.30. The number of hydrazine groups is 1. The van der Waals surface area contributed by atoms with Crippen LogP contribution in [0, 0.1) is 0 Å². The van der Waals surface area contributed by atoms with E-state index in [2.05, 4.69) is 60.2 Å². The van der Waals surface area contributed by atoms with Gasteiger partial charge in [0.05, 0.1) is 9.83 Å². The molecule has 0 saturated carbocycles. The summed E-state index contributed by atoms with van der Waals surface area (Å²) in [4.78, 5) is 1.31. The predicted octanol–water partition coefficient (Wildman–Crippen LogP) is 4.08. The summed E-state index contributed by atoms with van der Waals surface area (Å²) in [6, 6.07) is 4.34. The van der Waals surface area contributed by atoms with E-state index in [-0.39, 0.29) is 6.04 Å². The lowest BCUT2D eigenvalue weighted by molar-refractivity contribution is 0.556. The Morgan fingerprint density at radius 2 is 2.19 bits per heavy atom. The van der Waals surface area contributed by atoms with Crippen molar-refractivity contribution in [2.75, 3.05) is 0 Å². The van der Waals surface area contributed by atoms with Crippen molar-refractivity contribution in [3.63, 3.8) is 0 Å². The van der Waals surface area contributed by atoms with E-state index in [9.17, 15) is 0 Å². The Morgan fingerprint density at radius 1 is 1.38 bits per heavy atom. The highest BCUT2D eigenvalue weighted by molar-refractivity contribution is 9.11. The van der Waals surface area contributed by atoms with Crippen molar-refractivity contribution in [3.8, 4) is 0 Å². The average molecular weight is 382 g/mol. The molecular formula is C10H10Br2N2S2. The number of nitrogens with one attached hydrogen (secondary N) is 1. The number of thiophene rings is 2. The van der Waals surface area contributed by atoms with Crippen molar-refractivity contribution in [2.45, 2.75) is 12.5 Å². The Bertz CT molecular complexity index is 467. The lowest BCUT2D eigenvalue weighted by atomic mass is 10.1. The average Bonchev–Trinajstić information content (AvgIpc) is 2.85. The molecular weight excluding hydrogens is 372 g/mol. The second-order valence-corrected chi connectivity index (χ2v) is 7.44. The first-order chi connectivity index (χ1) is 7.70. The summed E-state index contributed by atoms with van der Waals surface area (Å²) in [5.74, 6) is 5.61. The van der Waals surface area contributed by atoms with Gasteiger partial charge in [0, 0.05) is 15.8 Å². The SMILES string of the molecule is NNC(Cc1sccc1Br)c1csc(Br)c1. The van der Waals surface area contributed by atoms with Crippen LogP contribution in [0.4, 0.5) is 0 Å². The first kappa shape index (κ1) is 12.7. The van der Waals surface area contributed by atoms with Crippen molar-refractivity contribution in [2.24, 2.45) is 5.84 Å². The van der Waals surface area contributed by atoms with Crippen LogP contribution < -0.4 is 11.3 Å². The lowest BCUT2D eigenvalue weighted by Gasteiger charge is -2.13. The maximum Gasteiger partial charge on any atom is 0.0701 e. The minimum Gasteiger partial charge on any atom is -0.271 e. The fourth-order valence-corrected chi connectivity index (χ4v) is 4.23. The Hall–Kier alpha value is 0.280. The van der Waals surface area contributed by atoms with Gasteiger partial charge in [-0.15, -0.1) is 22.7 Å². The molecule has 0 amide bonds. The van der Waals surface area contributed by atoms with Gasteiger partial charge in [0.15, 0.2) is 0 Å². The summed E-state index contributed by atoms with van der Waals surface area (Å²) in [5, 5.41) is 4.20. The third kappa shape index (κ3) is 2.94. The molecule has 1 atom stereocenters. The number of rotatable bonds is 4. The van der Waals surface area contributed by atoms with Gasteiger partial charge in [0.25, 0.3) is 0 Å². The van der Waals surface area contributed by atoms with Gasteiger partial charge in [-0.25, -0.2) is 0 Å². The maximum atomic E-state index is 5.61. The molecule has 2 heterocycles. The van der Waals surface area contributed by atoms with Gasteiger partial charge in [-0.1, -0.05) is 0 Å². The topological polar surface area (TPSA) is 38.0 Å². The van der Waals surface area contributed by atoms with Gasteiger partial charge in [0.1, 0.15) is 0 Å². The zero-order valence-electron chi connectivity index (χ0n) is 8.24. The molecule has 0 fully saturated rings. The summed E-state index contributed by atoms with van der Waals surface area (Å²) in [5.41, 5.74) is 4.09. The fraction of sp³-hybridized carbons (Fsp3) is 0.200. The van der Waals surface area contributed by atoms with Crippen LogP contribution in [-0.2, 0) is 6.42 Å². The summed E-state index contributed by atoms with van der Waals surface area (Å²) < 4.78 is 2.29. The van der Waals surface area contributed by atoms with E-state index < -0.39 is 0 Å². The van der Waals surface area contributed by atoms with Crippen LogP contribution in [0.1, 0.15) is 16.5 Å². The molecule has 0 aliphatic carbocycles. The molecule has 0 aliphatic heterocycles. The first-order valence-electron chi connectivity index (χ1n) is 4.62. The van der Waals surface area contributed by atoms with Gasteiger partial charge >= 0.3 is 0 Å². The van der Waals surface area contributed by atoms with Crippen LogP contribution in [0.2, 0.25) is 0 Å². The molecule has 0 radical (unpaired) electrons. The monoisotopic (exact) mass is 380 g/mol. The summed E-state index contributed by atoms with van der Waals surface area (Å²) in [6.07, 6.45) is 0.901. The molecule has 86 valence electrons. The second kappa shape index (κ2) is 5.75. The van der Waals surface area contributed by atoms with Crippen LogP contribution >= 0.6 is 54.5 Å². The van der Waals surface area contributed by atoms with Crippen LogP contribution in [0.3, 0.4) is 0 Å². The Labute approximate surface area is 119 Å². The van der Waals surface area contributed by atoms with Crippen molar-refractivity contribution < 1.29 is 0 Å². The van der Waals surface area contributed by atoms with E-state index >= 15 is 0 Å². The number of nitrogens with two attached hydrogens (primary N) is 1. The first-order valence-corrected chi connectivity index (χ1v) is 7.97. The lowest BCUT2D eigenvalue weighted by Crippen LogP contribution is -2.29. The number of hydrogen-bond donors (Lipinski definition) is 2. The predicted molar refractivity (Wildman–Crippen MR) is 77.8 cm³/mol.